The lowest BCUT2D eigenvalue weighted by Gasteiger charge is -2.40. The SMILES string of the molecule is C[C@@H]1CCC[C@H](C)N1C(=O)[C@@H](C)[NH+](C)CC(=O)NC1CC1. The van der Waals surface area contributed by atoms with E-state index in [0.29, 0.717) is 24.7 Å². The smallest absolute Gasteiger partial charge is 0.281 e. The van der Waals surface area contributed by atoms with Crippen molar-refractivity contribution in [1.29, 1.82) is 0 Å². The largest absolute Gasteiger partial charge is 0.348 e. The molecule has 5 heteroatoms. The Hall–Kier alpha value is -1.10. The van der Waals surface area contributed by atoms with E-state index in [9.17, 15) is 9.59 Å². The second-order valence-corrected chi connectivity index (χ2v) is 6.96. The number of likely N-dealkylation sites (N-methyl/N-ethyl adjacent to an activating group) is 1. The number of amides is 2. The summed E-state index contributed by atoms with van der Waals surface area (Å²) in [6.07, 6.45) is 5.57. The Morgan fingerprint density at radius 2 is 1.76 bits per heavy atom. The summed E-state index contributed by atoms with van der Waals surface area (Å²) in [6, 6.07) is 0.852. The molecule has 1 aliphatic heterocycles. The minimum absolute atomic E-state index is 0.0643. The molecule has 1 heterocycles. The molecule has 0 aromatic rings. The molecule has 1 saturated carbocycles. The molecule has 2 aliphatic rings. The number of piperidine rings is 1. The van der Waals surface area contributed by atoms with Crippen LogP contribution in [-0.2, 0) is 9.59 Å². The Labute approximate surface area is 128 Å². The average Bonchev–Trinajstić information content (AvgIpc) is 3.21. The fourth-order valence-corrected chi connectivity index (χ4v) is 3.20. The maximum absolute atomic E-state index is 12.7. The number of rotatable bonds is 5. The maximum Gasteiger partial charge on any atom is 0.281 e. The van der Waals surface area contributed by atoms with Crippen molar-refractivity contribution in [1.82, 2.24) is 10.2 Å². The molecule has 0 spiro atoms. The van der Waals surface area contributed by atoms with Crippen LogP contribution in [0, 0.1) is 0 Å². The highest BCUT2D eigenvalue weighted by molar-refractivity contribution is 5.82. The van der Waals surface area contributed by atoms with Gasteiger partial charge in [-0.2, -0.15) is 0 Å². The summed E-state index contributed by atoms with van der Waals surface area (Å²) in [7, 11) is 1.94. The van der Waals surface area contributed by atoms with Gasteiger partial charge in [0.05, 0.1) is 7.05 Å². The predicted octanol–water partition coefficient (Wildman–Crippen LogP) is -0.0423. The van der Waals surface area contributed by atoms with Crippen LogP contribution in [0.1, 0.15) is 52.9 Å². The number of quaternary nitrogens is 1. The van der Waals surface area contributed by atoms with E-state index >= 15 is 0 Å². The van der Waals surface area contributed by atoms with E-state index < -0.39 is 0 Å². The topological polar surface area (TPSA) is 53.9 Å². The molecule has 2 fully saturated rings. The van der Waals surface area contributed by atoms with E-state index in [1.54, 1.807) is 0 Å². The molecule has 2 N–H and O–H groups in total. The molecule has 2 rings (SSSR count). The van der Waals surface area contributed by atoms with Crippen molar-refractivity contribution in [2.75, 3.05) is 13.6 Å². The molecule has 120 valence electrons. The van der Waals surface area contributed by atoms with Crippen LogP contribution in [0.4, 0.5) is 0 Å². The Morgan fingerprint density at radius 1 is 1.19 bits per heavy atom. The minimum atomic E-state index is -0.169. The lowest BCUT2D eigenvalue weighted by Crippen LogP contribution is -3.15. The van der Waals surface area contributed by atoms with Crippen LogP contribution >= 0.6 is 0 Å². The number of carbonyl (C=O) groups excluding carboxylic acids is 2. The van der Waals surface area contributed by atoms with Gasteiger partial charge in [0, 0.05) is 18.1 Å². The van der Waals surface area contributed by atoms with Crippen molar-refractivity contribution < 1.29 is 14.5 Å². The first-order valence-corrected chi connectivity index (χ1v) is 8.34. The lowest BCUT2D eigenvalue weighted by molar-refractivity contribution is -0.886. The van der Waals surface area contributed by atoms with E-state index in [1.807, 2.05) is 18.9 Å². The summed E-state index contributed by atoms with van der Waals surface area (Å²) in [5, 5.41) is 2.99. The van der Waals surface area contributed by atoms with Crippen LogP contribution in [0.3, 0.4) is 0 Å². The third kappa shape index (κ3) is 4.19. The molecular weight excluding hydrogens is 266 g/mol. The predicted molar refractivity (Wildman–Crippen MR) is 82.0 cm³/mol. The summed E-state index contributed by atoms with van der Waals surface area (Å²) >= 11 is 0. The summed E-state index contributed by atoms with van der Waals surface area (Å²) in [4.78, 5) is 27.6. The molecule has 1 unspecified atom stereocenters. The van der Waals surface area contributed by atoms with Gasteiger partial charge in [-0.15, -0.1) is 0 Å². The molecule has 0 aromatic carbocycles. The Bertz CT molecular complexity index is 385. The van der Waals surface area contributed by atoms with Gasteiger partial charge < -0.3 is 15.1 Å². The molecule has 2 amide bonds. The first-order chi connectivity index (χ1) is 9.90. The fourth-order valence-electron chi connectivity index (χ4n) is 3.20. The lowest BCUT2D eigenvalue weighted by atomic mass is 9.96. The van der Waals surface area contributed by atoms with Gasteiger partial charge in [0.15, 0.2) is 12.6 Å². The van der Waals surface area contributed by atoms with Crippen molar-refractivity contribution in [2.24, 2.45) is 0 Å². The number of carbonyl (C=O) groups is 2. The van der Waals surface area contributed by atoms with E-state index in [0.717, 1.165) is 30.6 Å². The van der Waals surface area contributed by atoms with E-state index in [2.05, 4.69) is 19.2 Å². The number of likely N-dealkylation sites (tertiary alicyclic amines) is 1. The fraction of sp³-hybridized carbons (Fsp3) is 0.875. The summed E-state index contributed by atoms with van der Waals surface area (Å²) in [6.45, 7) is 6.58. The van der Waals surface area contributed by atoms with E-state index in [1.165, 1.54) is 6.42 Å². The van der Waals surface area contributed by atoms with Gasteiger partial charge >= 0.3 is 0 Å². The first kappa shape index (κ1) is 16.3. The van der Waals surface area contributed by atoms with Gasteiger partial charge in [-0.05, 0) is 52.9 Å². The van der Waals surface area contributed by atoms with Crippen molar-refractivity contribution in [3.8, 4) is 0 Å². The normalized spacial score (nSPS) is 28.9. The molecular formula is C16H30N3O2+. The highest BCUT2D eigenvalue weighted by Gasteiger charge is 2.35. The molecule has 1 aliphatic carbocycles. The highest BCUT2D eigenvalue weighted by Crippen LogP contribution is 2.22. The van der Waals surface area contributed by atoms with Crippen LogP contribution < -0.4 is 10.2 Å². The minimum Gasteiger partial charge on any atom is -0.348 e. The molecule has 0 radical (unpaired) electrons. The first-order valence-electron chi connectivity index (χ1n) is 8.34. The van der Waals surface area contributed by atoms with Crippen molar-refractivity contribution in [3.05, 3.63) is 0 Å². The third-order valence-electron chi connectivity index (χ3n) is 4.94. The molecule has 0 aromatic heterocycles. The number of nitrogens with one attached hydrogen (secondary N) is 2. The quantitative estimate of drug-likeness (QED) is 0.748. The van der Waals surface area contributed by atoms with Crippen molar-refractivity contribution >= 4 is 11.8 Å². The zero-order chi connectivity index (χ0) is 15.6. The van der Waals surface area contributed by atoms with Crippen LogP contribution in [0.25, 0.3) is 0 Å². The van der Waals surface area contributed by atoms with Gasteiger partial charge in [-0.1, -0.05) is 0 Å². The van der Waals surface area contributed by atoms with Gasteiger partial charge in [-0.25, -0.2) is 0 Å². The van der Waals surface area contributed by atoms with Crippen molar-refractivity contribution in [3.63, 3.8) is 0 Å². The third-order valence-corrected chi connectivity index (χ3v) is 4.94. The summed E-state index contributed by atoms with van der Waals surface area (Å²) in [5.41, 5.74) is 0. The van der Waals surface area contributed by atoms with Crippen LogP contribution in [-0.4, -0.2) is 54.5 Å². The van der Waals surface area contributed by atoms with Crippen LogP contribution in [0.5, 0.6) is 0 Å². The Balaban J connectivity index is 1.88. The summed E-state index contributed by atoms with van der Waals surface area (Å²) in [5.74, 6) is 0.251. The molecule has 5 nitrogen and oxygen atoms in total. The van der Waals surface area contributed by atoms with Crippen molar-refractivity contribution in [2.45, 2.75) is 77.0 Å². The van der Waals surface area contributed by atoms with Crippen LogP contribution in [0.2, 0.25) is 0 Å². The summed E-state index contributed by atoms with van der Waals surface area (Å²) < 4.78 is 0. The van der Waals surface area contributed by atoms with Gasteiger partial charge in [0.25, 0.3) is 11.8 Å². The van der Waals surface area contributed by atoms with E-state index in [-0.39, 0.29) is 17.9 Å². The Kier molecular flexibility index (Phi) is 5.25. The number of hydrogen-bond acceptors (Lipinski definition) is 2. The van der Waals surface area contributed by atoms with Crippen LogP contribution in [0.15, 0.2) is 0 Å². The second kappa shape index (κ2) is 6.77. The zero-order valence-electron chi connectivity index (χ0n) is 13.8. The van der Waals surface area contributed by atoms with Gasteiger partial charge in [0.1, 0.15) is 0 Å². The molecule has 1 saturated heterocycles. The average molecular weight is 296 g/mol. The van der Waals surface area contributed by atoms with E-state index in [4.69, 9.17) is 0 Å². The van der Waals surface area contributed by atoms with Gasteiger partial charge in [0.2, 0.25) is 0 Å². The molecule has 21 heavy (non-hydrogen) atoms. The zero-order valence-corrected chi connectivity index (χ0v) is 13.8. The standard InChI is InChI=1S/C16H29N3O2/c1-11-6-5-7-12(2)19(11)16(21)13(3)18(4)10-15(20)17-14-8-9-14/h11-14H,5-10H2,1-4H3,(H,17,20)/p+1/t11-,12+,13-/m1/s1. The van der Waals surface area contributed by atoms with Gasteiger partial charge in [-0.3, -0.25) is 9.59 Å². The Morgan fingerprint density at radius 3 is 2.29 bits per heavy atom. The number of nitrogens with zero attached hydrogens (tertiary/aromatic N) is 1. The molecule has 0 bridgehead atoms. The monoisotopic (exact) mass is 296 g/mol. The molecule has 4 atom stereocenters. The maximum atomic E-state index is 12.7. The number of hydrogen-bond donors (Lipinski definition) is 2. The highest BCUT2D eigenvalue weighted by atomic mass is 16.2. The second-order valence-electron chi connectivity index (χ2n) is 6.96.